The largest absolute Gasteiger partial charge is 0.397 e. The van der Waals surface area contributed by atoms with Crippen molar-refractivity contribution in [3.8, 4) is 22.4 Å². The highest BCUT2D eigenvalue weighted by Crippen LogP contribution is 2.30. The molecule has 1 heterocycles. The standard InChI is InChI=1S/C17H14N2/c18-14-10-11-17(19-12-14)16-9-5-4-8-15(16)13-6-2-1-3-7-13/h1-12H,18H2. The third kappa shape index (κ3) is 2.33. The van der Waals surface area contributed by atoms with Gasteiger partial charge in [-0.05, 0) is 23.3 Å². The van der Waals surface area contributed by atoms with Crippen LogP contribution in [0.1, 0.15) is 0 Å². The lowest BCUT2D eigenvalue weighted by Crippen LogP contribution is -1.90. The highest BCUT2D eigenvalue weighted by molar-refractivity contribution is 5.81. The number of anilines is 1. The number of nitrogen functional groups attached to an aromatic ring is 1. The number of hydrogen-bond donors (Lipinski definition) is 1. The van der Waals surface area contributed by atoms with E-state index in [1.165, 1.54) is 11.1 Å². The molecule has 0 amide bonds. The number of nitrogens with zero attached hydrogens (tertiary/aromatic N) is 1. The molecule has 0 saturated heterocycles. The summed E-state index contributed by atoms with van der Waals surface area (Å²) in [6.45, 7) is 0. The van der Waals surface area contributed by atoms with Crippen LogP contribution in [0.3, 0.4) is 0 Å². The Labute approximate surface area is 112 Å². The second-order valence-electron chi connectivity index (χ2n) is 4.39. The van der Waals surface area contributed by atoms with E-state index in [2.05, 4.69) is 29.2 Å². The number of pyridine rings is 1. The minimum absolute atomic E-state index is 0.681. The molecule has 92 valence electrons. The Balaban J connectivity index is 2.15. The Morgan fingerprint density at radius 2 is 1.37 bits per heavy atom. The molecule has 0 fully saturated rings. The monoisotopic (exact) mass is 246 g/mol. The number of nitrogens with two attached hydrogens (primary N) is 1. The van der Waals surface area contributed by atoms with Crippen molar-refractivity contribution in [3.05, 3.63) is 72.9 Å². The first-order valence-electron chi connectivity index (χ1n) is 6.21. The van der Waals surface area contributed by atoms with Crippen LogP contribution in [-0.2, 0) is 0 Å². The molecule has 0 aliphatic heterocycles. The highest BCUT2D eigenvalue weighted by Gasteiger charge is 2.07. The van der Waals surface area contributed by atoms with Gasteiger partial charge in [-0.15, -0.1) is 0 Å². The first-order chi connectivity index (χ1) is 9.34. The van der Waals surface area contributed by atoms with Gasteiger partial charge in [0.15, 0.2) is 0 Å². The second kappa shape index (κ2) is 4.94. The summed E-state index contributed by atoms with van der Waals surface area (Å²) in [4.78, 5) is 4.41. The summed E-state index contributed by atoms with van der Waals surface area (Å²) >= 11 is 0. The molecule has 0 aliphatic carbocycles. The molecule has 0 aliphatic rings. The lowest BCUT2D eigenvalue weighted by Gasteiger charge is -2.09. The minimum Gasteiger partial charge on any atom is -0.397 e. The van der Waals surface area contributed by atoms with E-state index < -0.39 is 0 Å². The molecular weight excluding hydrogens is 232 g/mol. The van der Waals surface area contributed by atoms with E-state index in [4.69, 9.17) is 5.73 Å². The second-order valence-corrected chi connectivity index (χ2v) is 4.39. The summed E-state index contributed by atoms with van der Waals surface area (Å²) in [6.07, 6.45) is 1.69. The van der Waals surface area contributed by atoms with E-state index >= 15 is 0 Å². The van der Waals surface area contributed by atoms with E-state index in [1.54, 1.807) is 6.20 Å². The lowest BCUT2D eigenvalue weighted by molar-refractivity contribution is 1.33. The van der Waals surface area contributed by atoms with Gasteiger partial charge in [0.05, 0.1) is 17.6 Å². The number of aromatic nitrogens is 1. The molecule has 19 heavy (non-hydrogen) atoms. The van der Waals surface area contributed by atoms with Crippen LogP contribution in [0.2, 0.25) is 0 Å². The molecule has 1 aromatic heterocycles. The van der Waals surface area contributed by atoms with Crippen LogP contribution in [0.5, 0.6) is 0 Å². The third-order valence-electron chi connectivity index (χ3n) is 3.07. The van der Waals surface area contributed by atoms with Crippen molar-refractivity contribution in [2.24, 2.45) is 0 Å². The van der Waals surface area contributed by atoms with E-state index in [9.17, 15) is 0 Å². The molecule has 0 saturated carbocycles. The maximum Gasteiger partial charge on any atom is 0.0709 e. The van der Waals surface area contributed by atoms with Crippen LogP contribution in [0.25, 0.3) is 22.4 Å². The molecule has 0 radical (unpaired) electrons. The van der Waals surface area contributed by atoms with Crippen LogP contribution in [0, 0.1) is 0 Å². The lowest BCUT2D eigenvalue weighted by atomic mass is 9.97. The van der Waals surface area contributed by atoms with E-state index in [-0.39, 0.29) is 0 Å². The molecule has 3 aromatic rings. The fraction of sp³-hybridized carbons (Fsp3) is 0. The molecule has 0 bridgehead atoms. The Kier molecular flexibility index (Phi) is 2.99. The summed E-state index contributed by atoms with van der Waals surface area (Å²) in [5, 5.41) is 0. The molecule has 2 heteroatoms. The van der Waals surface area contributed by atoms with Crippen molar-refractivity contribution < 1.29 is 0 Å². The average Bonchev–Trinajstić information content (AvgIpc) is 2.49. The third-order valence-corrected chi connectivity index (χ3v) is 3.07. The number of hydrogen-bond acceptors (Lipinski definition) is 2. The molecule has 3 rings (SSSR count). The van der Waals surface area contributed by atoms with Gasteiger partial charge < -0.3 is 5.73 Å². The van der Waals surface area contributed by atoms with Crippen LogP contribution >= 0.6 is 0 Å². The maximum atomic E-state index is 5.69. The van der Waals surface area contributed by atoms with Crippen LogP contribution in [-0.4, -0.2) is 4.98 Å². The normalized spacial score (nSPS) is 10.3. The predicted octanol–water partition coefficient (Wildman–Crippen LogP) is 4.00. The van der Waals surface area contributed by atoms with E-state index in [1.807, 2.05) is 42.5 Å². The van der Waals surface area contributed by atoms with Gasteiger partial charge in [-0.3, -0.25) is 4.98 Å². The van der Waals surface area contributed by atoms with E-state index in [0.29, 0.717) is 5.69 Å². The SMILES string of the molecule is Nc1ccc(-c2ccccc2-c2ccccc2)nc1. The van der Waals surface area contributed by atoms with Gasteiger partial charge in [-0.25, -0.2) is 0 Å². The number of rotatable bonds is 2. The molecule has 0 atom stereocenters. The minimum atomic E-state index is 0.681. The van der Waals surface area contributed by atoms with Gasteiger partial charge in [0.25, 0.3) is 0 Å². The zero-order chi connectivity index (χ0) is 13.1. The molecule has 0 unspecified atom stereocenters. The summed E-state index contributed by atoms with van der Waals surface area (Å²) < 4.78 is 0. The van der Waals surface area contributed by atoms with E-state index in [0.717, 1.165) is 11.3 Å². The summed E-state index contributed by atoms with van der Waals surface area (Å²) in [5.74, 6) is 0. The van der Waals surface area contributed by atoms with Crippen molar-refractivity contribution in [1.29, 1.82) is 0 Å². The van der Waals surface area contributed by atoms with Crippen molar-refractivity contribution in [3.63, 3.8) is 0 Å². The van der Waals surface area contributed by atoms with Gasteiger partial charge in [0.1, 0.15) is 0 Å². The highest BCUT2D eigenvalue weighted by atomic mass is 14.7. The summed E-state index contributed by atoms with van der Waals surface area (Å²) in [7, 11) is 0. The van der Waals surface area contributed by atoms with Crippen LogP contribution < -0.4 is 5.73 Å². The van der Waals surface area contributed by atoms with Crippen LogP contribution in [0.15, 0.2) is 72.9 Å². The first-order valence-corrected chi connectivity index (χ1v) is 6.21. The van der Waals surface area contributed by atoms with Crippen molar-refractivity contribution in [2.75, 3.05) is 5.73 Å². The van der Waals surface area contributed by atoms with Crippen molar-refractivity contribution in [2.45, 2.75) is 0 Å². The molecule has 0 spiro atoms. The summed E-state index contributed by atoms with van der Waals surface area (Å²) in [6, 6.07) is 22.4. The van der Waals surface area contributed by atoms with Gasteiger partial charge in [0, 0.05) is 5.56 Å². The zero-order valence-electron chi connectivity index (χ0n) is 10.5. The average molecular weight is 246 g/mol. The quantitative estimate of drug-likeness (QED) is 0.742. The summed E-state index contributed by atoms with van der Waals surface area (Å²) in [5.41, 5.74) is 10.8. The predicted molar refractivity (Wildman–Crippen MR) is 79.5 cm³/mol. The molecule has 2 N–H and O–H groups in total. The fourth-order valence-electron chi connectivity index (χ4n) is 2.14. The topological polar surface area (TPSA) is 38.9 Å². The smallest absolute Gasteiger partial charge is 0.0709 e. The number of benzene rings is 2. The van der Waals surface area contributed by atoms with Crippen LogP contribution in [0.4, 0.5) is 5.69 Å². The molecular formula is C17H14N2. The Hall–Kier alpha value is -2.61. The van der Waals surface area contributed by atoms with Crippen molar-refractivity contribution in [1.82, 2.24) is 4.98 Å². The van der Waals surface area contributed by atoms with Gasteiger partial charge in [-0.1, -0.05) is 54.6 Å². The molecule has 2 nitrogen and oxygen atoms in total. The van der Waals surface area contributed by atoms with Gasteiger partial charge in [-0.2, -0.15) is 0 Å². The van der Waals surface area contributed by atoms with Gasteiger partial charge in [0.2, 0.25) is 0 Å². The van der Waals surface area contributed by atoms with Gasteiger partial charge >= 0.3 is 0 Å². The first kappa shape index (κ1) is 11.5. The fourth-order valence-corrected chi connectivity index (χ4v) is 2.14. The Morgan fingerprint density at radius 3 is 2.05 bits per heavy atom. The Morgan fingerprint density at radius 1 is 0.684 bits per heavy atom. The zero-order valence-corrected chi connectivity index (χ0v) is 10.5. The van der Waals surface area contributed by atoms with Crippen molar-refractivity contribution >= 4 is 5.69 Å². The Bertz CT molecular complexity index is 673. The molecule has 2 aromatic carbocycles. The maximum absolute atomic E-state index is 5.69.